The van der Waals surface area contributed by atoms with Gasteiger partial charge in [0.1, 0.15) is 11.9 Å². The lowest BCUT2D eigenvalue weighted by molar-refractivity contribution is 0.0532. The van der Waals surface area contributed by atoms with Gasteiger partial charge in [0.25, 0.3) is 0 Å². The van der Waals surface area contributed by atoms with Crippen LogP contribution in [-0.4, -0.2) is 68.9 Å². The summed E-state index contributed by atoms with van der Waals surface area (Å²) in [7, 11) is 1.83. The molecule has 0 saturated carbocycles. The first-order chi connectivity index (χ1) is 13.6. The van der Waals surface area contributed by atoms with Crippen LogP contribution in [0.1, 0.15) is 40.0 Å². The van der Waals surface area contributed by atoms with Crippen molar-refractivity contribution in [3.8, 4) is 5.75 Å². The molecule has 166 valence electrons. The summed E-state index contributed by atoms with van der Waals surface area (Å²) in [5, 5.41) is 7.00. The maximum absolute atomic E-state index is 6.05. The minimum absolute atomic E-state index is 0. The van der Waals surface area contributed by atoms with Crippen LogP contribution in [0.2, 0.25) is 0 Å². The predicted octanol–water partition coefficient (Wildman–Crippen LogP) is 3.52. The molecule has 29 heavy (non-hydrogen) atoms. The Balaban J connectivity index is 0.00000420. The molecule has 1 atom stereocenters. The number of hydrogen-bond acceptors (Lipinski definition) is 4. The molecule has 1 aromatic carbocycles. The zero-order chi connectivity index (χ0) is 20.2. The largest absolute Gasteiger partial charge is 0.489 e. The Labute approximate surface area is 193 Å². The first-order valence-electron chi connectivity index (χ1n) is 10.6. The second-order valence-electron chi connectivity index (χ2n) is 7.59. The van der Waals surface area contributed by atoms with Gasteiger partial charge in [0, 0.05) is 32.7 Å². The van der Waals surface area contributed by atoms with Crippen LogP contribution in [0.25, 0.3) is 0 Å². The van der Waals surface area contributed by atoms with E-state index in [4.69, 9.17) is 9.47 Å². The van der Waals surface area contributed by atoms with Gasteiger partial charge in [-0.1, -0.05) is 25.1 Å². The Hall–Kier alpha value is -1.06. The van der Waals surface area contributed by atoms with Crippen molar-refractivity contribution in [2.24, 2.45) is 4.99 Å². The summed E-state index contributed by atoms with van der Waals surface area (Å²) < 4.78 is 11.7. The monoisotopic (exact) mass is 518 g/mol. The number of nitrogens with one attached hydrogen (secondary N) is 2. The zero-order valence-corrected chi connectivity index (χ0v) is 20.7. The molecule has 1 aliphatic heterocycles. The predicted molar refractivity (Wildman–Crippen MR) is 132 cm³/mol. The van der Waals surface area contributed by atoms with Gasteiger partial charge >= 0.3 is 0 Å². The number of likely N-dealkylation sites (tertiary alicyclic amines) is 1. The molecule has 2 N–H and O–H groups in total. The van der Waals surface area contributed by atoms with E-state index in [-0.39, 0.29) is 30.1 Å². The Morgan fingerprint density at radius 2 is 1.90 bits per heavy atom. The molecule has 1 saturated heterocycles. The minimum Gasteiger partial charge on any atom is -0.489 e. The normalized spacial score (nSPS) is 16.9. The SMILES string of the molecule is CCC(CNC(=NC)NC1CCN(CCOC(C)C)CC1)Oc1ccccc1.I. The molecule has 0 radical (unpaired) electrons. The number of piperidine rings is 1. The summed E-state index contributed by atoms with van der Waals surface area (Å²) in [6.07, 6.45) is 3.62. The smallest absolute Gasteiger partial charge is 0.191 e. The quantitative estimate of drug-likeness (QED) is 0.282. The molecule has 1 heterocycles. The fourth-order valence-corrected chi connectivity index (χ4v) is 3.28. The third kappa shape index (κ3) is 10.5. The summed E-state index contributed by atoms with van der Waals surface area (Å²) >= 11 is 0. The average molecular weight is 518 g/mol. The highest BCUT2D eigenvalue weighted by molar-refractivity contribution is 14.0. The Morgan fingerprint density at radius 1 is 1.21 bits per heavy atom. The molecule has 1 unspecified atom stereocenters. The van der Waals surface area contributed by atoms with Crippen molar-refractivity contribution in [2.45, 2.75) is 58.3 Å². The molecule has 0 bridgehead atoms. The number of benzene rings is 1. The van der Waals surface area contributed by atoms with E-state index in [2.05, 4.69) is 41.3 Å². The topological polar surface area (TPSA) is 58.1 Å². The molecule has 0 spiro atoms. The molecule has 0 amide bonds. The van der Waals surface area contributed by atoms with Gasteiger partial charge in [-0.25, -0.2) is 0 Å². The molecule has 0 aromatic heterocycles. The van der Waals surface area contributed by atoms with E-state index >= 15 is 0 Å². The summed E-state index contributed by atoms with van der Waals surface area (Å²) in [6.45, 7) is 11.1. The van der Waals surface area contributed by atoms with Gasteiger partial charge in [-0.15, -0.1) is 24.0 Å². The molecule has 6 nitrogen and oxygen atoms in total. The van der Waals surface area contributed by atoms with Crippen LogP contribution in [0.4, 0.5) is 0 Å². The van der Waals surface area contributed by atoms with E-state index in [0.717, 1.165) is 63.8 Å². The van der Waals surface area contributed by atoms with E-state index in [1.807, 2.05) is 37.4 Å². The minimum atomic E-state index is 0. The van der Waals surface area contributed by atoms with Crippen molar-refractivity contribution in [1.82, 2.24) is 15.5 Å². The lowest BCUT2D eigenvalue weighted by Gasteiger charge is -2.33. The van der Waals surface area contributed by atoms with Crippen LogP contribution < -0.4 is 15.4 Å². The van der Waals surface area contributed by atoms with Gasteiger partial charge in [-0.05, 0) is 45.2 Å². The van der Waals surface area contributed by atoms with E-state index in [1.165, 1.54) is 0 Å². The number of aliphatic imine (C=N–C) groups is 1. The highest BCUT2D eigenvalue weighted by Crippen LogP contribution is 2.12. The lowest BCUT2D eigenvalue weighted by atomic mass is 10.1. The zero-order valence-electron chi connectivity index (χ0n) is 18.4. The average Bonchev–Trinajstić information content (AvgIpc) is 2.71. The van der Waals surface area contributed by atoms with Crippen LogP contribution in [0.15, 0.2) is 35.3 Å². The van der Waals surface area contributed by atoms with Crippen LogP contribution >= 0.6 is 24.0 Å². The maximum atomic E-state index is 6.05. The van der Waals surface area contributed by atoms with Crippen molar-refractivity contribution in [3.05, 3.63) is 30.3 Å². The Morgan fingerprint density at radius 3 is 2.48 bits per heavy atom. The lowest BCUT2D eigenvalue weighted by Crippen LogP contribution is -2.50. The van der Waals surface area contributed by atoms with Crippen LogP contribution in [0, 0.1) is 0 Å². The summed E-state index contributed by atoms with van der Waals surface area (Å²) in [5.41, 5.74) is 0. The second kappa shape index (κ2) is 14.8. The molecular formula is C22H39IN4O2. The van der Waals surface area contributed by atoms with Crippen LogP contribution in [-0.2, 0) is 4.74 Å². The van der Waals surface area contributed by atoms with Gasteiger partial charge in [-0.3, -0.25) is 4.99 Å². The highest BCUT2D eigenvalue weighted by Gasteiger charge is 2.20. The van der Waals surface area contributed by atoms with Crippen molar-refractivity contribution >= 4 is 29.9 Å². The first kappa shape index (κ1) is 26.0. The number of hydrogen-bond donors (Lipinski definition) is 2. The van der Waals surface area contributed by atoms with E-state index in [1.54, 1.807) is 0 Å². The number of ether oxygens (including phenoxy) is 2. The Kier molecular flexibility index (Phi) is 13.3. The first-order valence-corrected chi connectivity index (χ1v) is 10.6. The number of rotatable bonds is 10. The van der Waals surface area contributed by atoms with Gasteiger partial charge in [0.05, 0.1) is 19.3 Å². The molecule has 1 fully saturated rings. The van der Waals surface area contributed by atoms with Gasteiger partial charge in [-0.2, -0.15) is 0 Å². The molecule has 2 rings (SSSR count). The molecule has 0 aliphatic carbocycles. The second-order valence-corrected chi connectivity index (χ2v) is 7.59. The third-order valence-electron chi connectivity index (χ3n) is 5.01. The van der Waals surface area contributed by atoms with Crippen molar-refractivity contribution in [1.29, 1.82) is 0 Å². The summed E-state index contributed by atoms with van der Waals surface area (Å²) in [6, 6.07) is 10.4. The third-order valence-corrected chi connectivity index (χ3v) is 5.01. The van der Waals surface area contributed by atoms with Crippen LogP contribution in [0.3, 0.4) is 0 Å². The fraction of sp³-hybridized carbons (Fsp3) is 0.682. The molecule has 1 aliphatic rings. The standard InChI is InChI=1S/C22H38N4O2.HI/c1-5-20(28-21-9-7-6-8-10-21)17-24-22(23-4)25-19-11-13-26(14-12-19)15-16-27-18(2)3;/h6-10,18-20H,5,11-17H2,1-4H3,(H2,23,24,25);1H. The number of guanidine groups is 1. The molecule has 1 aromatic rings. The van der Waals surface area contributed by atoms with E-state index in [9.17, 15) is 0 Å². The van der Waals surface area contributed by atoms with E-state index in [0.29, 0.717) is 12.1 Å². The van der Waals surface area contributed by atoms with Crippen molar-refractivity contribution in [3.63, 3.8) is 0 Å². The summed E-state index contributed by atoms with van der Waals surface area (Å²) in [5.74, 6) is 1.77. The van der Waals surface area contributed by atoms with Crippen LogP contribution in [0.5, 0.6) is 5.75 Å². The number of halogens is 1. The maximum Gasteiger partial charge on any atom is 0.191 e. The van der Waals surface area contributed by atoms with Gasteiger partial charge < -0.3 is 25.0 Å². The van der Waals surface area contributed by atoms with Crippen molar-refractivity contribution in [2.75, 3.05) is 39.8 Å². The number of nitrogens with zero attached hydrogens (tertiary/aromatic N) is 2. The van der Waals surface area contributed by atoms with E-state index < -0.39 is 0 Å². The molecule has 7 heteroatoms. The van der Waals surface area contributed by atoms with Gasteiger partial charge in [0.15, 0.2) is 5.96 Å². The fourth-order valence-electron chi connectivity index (χ4n) is 3.28. The highest BCUT2D eigenvalue weighted by atomic mass is 127. The Bertz CT molecular complexity index is 563. The number of para-hydroxylation sites is 1. The van der Waals surface area contributed by atoms with Gasteiger partial charge in [0.2, 0.25) is 0 Å². The summed E-state index contributed by atoms with van der Waals surface area (Å²) in [4.78, 5) is 6.87. The molecular weight excluding hydrogens is 479 g/mol. The van der Waals surface area contributed by atoms with Crippen molar-refractivity contribution < 1.29 is 9.47 Å².